The van der Waals surface area contributed by atoms with Gasteiger partial charge >= 0.3 is 0 Å². The van der Waals surface area contributed by atoms with Crippen molar-refractivity contribution < 1.29 is 13.9 Å². The van der Waals surface area contributed by atoms with E-state index >= 15 is 0 Å². The lowest BCUT2D eigenvalue weighted by Gasteiger charge is -2.18. The van der Waals surface area contributed by atoms with Gasteiger partial charge in [-0.1, -0.05) is 50.9 Å². The van der Waals surface area contributed by atoms with Crippen LogP contribution in [0.1, 0.15) is 55.9 Å². The first-order chi connectivity index (χ1) is 16.2. The normalized spacial score (nSPS) is 15.6. The van der Waals surface area contributed by atoms with E-state index in [4.69, 9.17) is 21.6 Å². The number of carbonyl (C=O) groups excluding carboxylic acids is 1. The molecule has 0 saturated carbocycles. The minimum atomic E-state index is -0.137. The first-order valence-electron chi connectivity index (χ1n) is 11.8. The number of carbonyl (C=O) groups is 1. The maximum absolute atomic E-state index is 12.5. The third-order valence-corrected chi connectivity index (χ3v) is 6.51. The van der Waals surface area contributed by atoms with E-state index in [2.05, 4.69) is 13.8 Å². The number of ether oxygens (including phenoxy) is 1. The molecule has 0 radical (unpaired) electrons. The van der Waals surface area contributed by atoms with Crippen LogP contribution in [0.5, 0.6) is 0 Å². The summed E-state index contributed by atoms with van der Waals surface area (Å²) in [5.41, 5.74) is 3.88. The Morgan fingerprint density at radius 1 is 1.24 bits per heavy atom. The van der Waals surface area contributed by atoms with Gasteiger partial charge < -0.3 is 9.64 Å². The molecule has 2 unspecified atom stereocenters. The molecule has 186 valence electrons. The molecule has 1 fully saturated rings. The van der Waals surface area contributed by atoms with E-state index in [1.54, 1.807) is 25.3 Å². The Kier molecular flexibility index (Phi) is 13.5. The second-order valence-corrected chi connectivity index (χ2v) is 9.11. The Hall–Kier alpha value is -2.42. The zero-order valence-electron chi connectivity index (χ0n) is 21.3. The predicted octanol–water partition coefficient (Wildman–Crippen LogP) is 6.74. The van der Waals surface area contributed by atoms with E-state index in [1.165, 1.54) is 11.6 Å². The van der Waals surface area contributed by atoms with Crippen LogP contribution in [0.3, 0.4) is 0 Å². The summed E-state index contributed by atoms with van der Waals surface area (Å²) in [5, 5.41) is 9.00. The van der Waals surface area contributed by atoms with Crippen molar-refractivity contribution in [3.05, 3.63) is 69.5 Å². The molecule has 0 bridgehead atoms. The first-order valence-corrected chi connectivity index (χ1v) is 12.2. The van der Waals surface area contributed by atoms with E-state index in [-0.39, 0.29) is 5.82 Å². The van der Waals surface area contributed by atoms with Crippen LogP contribution >= 0.6 is 11.6 Å². The summed E-state index contributed by atoms with van der Waals surface area (Å²) in [7, 11) is 1.67. The molecule has 6 heteroatoms. The monoisotopic (exact) mass is 488 g/mol. The molecule has 1 amide bonds. The molecule has 1 aliphatic heterocycles. The van der Waals surface area contributed by atoms with E-state index < -0.39 is 0 Å². The third-order valence-electron chi connectivity index (χ3n) is 6.20. The van der Waals surface area contributed by atoms with Gasteiger partial charge in [-0.05, 0) is 73.1 Å². The average Bonchev–Trinajstić information content (AvgIpc) is 3.20. The van der Waals surface area contributed by atoms with Crippen molar-refractivity contribution in [3.8, 4) is 6.07 Å². The number of benzene rings is 2. The van der Waals surface area contributed by atoms with Crippen LogP contribution < -0.4 is 0 Å². The quantitative estimate of drug-likeness (QED) is 0.452. The van der Waals surface area contributed by atoms with Gasteiger partial charge in [0.1, 0.15) is 11.9 Å². The molecule has 2 aromatic carbocycles. The van der Waals surface area contributed by atoms with E-state index in [9.17, 15) is 9.18 Å². The van der Waals surface area contributed by atoms with Gasteiger partial charge in [0.2, 0.25) is 5.91 Å². The van der Waals surface area contributed by atoms with Crippen molar-refractivity contribution >= 4 is 17.5 Å². The highest BCUT2D eigenvalue weighted by atomic mass is 35.5. The maximum Gasteiger partial charge on any atom is 0.223 e. The Bertz CT molecular complexity index is 949. The van der Waals surface area contributed by atoms with Crippen LogP contribution in [0, 0.1) is 42.8 Å². The van der Waals surface area contributed by atoms with Gasteiger partial charge in [-0.2, -0.15) is 5.26 Å². The summed E-state index contributed by atoms with van der Waals surface area (Å²) in [6.07, 6.45) is 2.80. The molecule has 1 heterocycles. The standard InChI is InChI=1S/C11H21NO2.C9H11F.C8H6ClN/c1-4-9(2)10-7-11(13)12(8-10)5-6-14-3;1-3-8-6-9(10)5-4-7(8)2;1-6-2-3-7(5-10)8(9)4-6/h9-10H,4-8H2,1-3H3;4-6H,3H2,1-2H3;2-4H,1H3. The zero-order chi connectivity index (χ0) is 25.7. The van der Waals surface area contributed by atoms with Crippen LogP contribution in [0.15, 0.2) is 36.4 Å². The molecule has 4 nitrogen and oxygen atoms in total. The maximum atomic E-state index is 12.5. The average molecular weight is 489 g/mol. The van der Waals surface area contributed by atoms with E-state index in [1.807, 2.05) is 43.9 Å². The number of likely N-dealkylation sites (tertiary alicyclic amines) is 1. The highest BCUT2D eigenvalue weighted by Gasteiger charge is 2.31. The summed E-state index contributed by atoms with van der Waals surface area (Å²) < 4.78 is 17.5. The van der Waals surface area contributed by atoms with Gasteiger partial charge in [0, 0.05) is 26.6 Å². The lowest BCUT2D eigenvalue weighted by molar-refractivity contribution is -0.128. The second kappa shape index (κ2) is 15.5. The van der Waals surface area contributed by atoms with Gasteiger partial charge in [0.15, 0.2) is 0 Å². The fourth-order valence-corrected chi connectivity index (χ4v) is 3.94. The number of amides is 1. The van der Waals surface area contributed by atoms with Crippen molar-refractivity contribution in [2.45, 2.75) is 53.9 Å². The van der Waals surface area contributed by atoms with Crippen molar-refractivity contribution in [1.29, 1.82) is 5.26 Å². The number of hydrogen-bond donors (Lipinski definition) is 0. The molecule has 1 saturated heterocycles. The Morgan fingerprint density at radius 3 is 2.47 bits per heavy atom. The van der Waals surface area contributed by atoms with Gasteiger partial charge in [-0.15, -0.1) is 0 Å². The summed E-state index contributed by atoms with van der Waals surface area (Å²) in [6, 6.07) is 12.3. The van der Waals surface area contributed by atoms with Crippen molar-refractivity contribution in [1.82, 2.24) is 4.90 Å². The minimum Gasteiger partial charge on any atom is -0.383 e. The van der Waals surface area contributed by atoms with Gasteiger partial charge in [0.25, 0.3) is 0 Å². The smallest absolute Gasteiger partial charge is 0.223 e. The number of halogens is 2. The van der Waals surface area contributed by atoms with Gasteiger partial charge in [-0.25, -0.2) is 4.39 Å². The van der Waals surface area contributed by atoms with Crippen LogP contribution in [-0.4, -0.2) is 37.6 Å². The highest BCUT2D eigenvalue weighted by molar-refractivity contribution is 6.31. The fourth-order valence-electron chi connectivity index (χ4n) is 3.67. The number of rotatable bonds is 6. The molecule has 0 aromatic heterocycles. The van der Waals surface area contributed by atoms with Crippen LogP contribution in [0.25, 0.3) is 0 Å². The zero-order valence-corrected chi connectivity index (χ0v) is 22.1. The summed E-state index contributed by atoms with van der Waals surface area (Å²) >= 11 is 5.71. The second-order valence-electron chi connectivity index (χ2n) is 8.70. The lowest BCUT2D eigenvalue weighted by atomic mass is 9.91. The molecule has 0 aliphatic carbocycles. The van der Waals surface area contributed by atoms with Crippen molar-refractivity contribution in [3.63, 3.8) is 0 Å². The fraction of sp³-hybridized carbons (Fsp3) is 0.500. The number of hydrogen-bond acceptors (Lipinski definition) is 3. The Labute approximate surface area is 209 Å². The van der Waals surface area contributed by atoms with Crippen LogP contribution in [0.2, 0.25) is 5.02 Å². The van der Waals surface area contributed by atoms with Crippen LogP contribution in [-0.2, 0) is 16.0 Å². The molecular weight excluding hydrogens is 451 g/mol. The predicted molar refractivity (Wildman–Crippen MR) is 137 cm³/mol. The van der Waals surface area contributed by atoms with Gasteiger partial charge in [0.05, 0.1) is 17.2 Å². The molecular formula is C28H38ClFN2O2. The summed E-state index contributed by atoms with van der Waals surface area (Å²) in [4.78, 5) is 13.5. The Balaban J connectivity index is 0.000000261. The molecule has 3 rings (SSSR count). The summed E-state index contributed by atoms with van der Waals surface area (Å²) in [6.45, 7) is 12.7. The van der Waals surface area contributed by atoms with Crippen molar-refractivity contribution in [2.24, 2.45) is 11.8 Å². The number of aryl methyl sites for hydroxylation is 3. The van der Waals surface area contributed by atoms with Crippen LogP contribution in [0.4, 0.5) is 4.39 Å². The molecule has 2 atom stereocenters. The minimum absolute atomic E-state index is 0.137. The SMILES string of the molecule is CCC(C)C1CC(=O)N(CCOC)C1.CCc1cc(F)ccc1C.Cc1ccc(C#N)c(Cl)c1. The molecule has 0 N–H and O–H groups in total. The molecule has 34 heavy (non-hydrogen) atoms. The van der Waals surface area contributed by atoms with Gasteiger partial charge in [-0.3, -0.25) is 4.79 Å². The largest absolute Gasteiger partial charge is 0.383 e. The van der Waals surface area contributed by atoms with Crippen molar-refractivity contribution in [2.75, 3.05) is 26.8 Å². The molecule has 2 aromatic rings. The number of methoxy groups -OCH3 is 1. The summed E-state index contributed by atoms with van der Waals surface area (Å²) in [5.74, 6) is 1.38. The number of nitrogens with zero attached hydrogens (tertiary/aromatic N) is 2. The Morgan fingerprint density at radius 2 is 1.94 bits per heavy atom. The molecule has 1 aliphatic rings. The molecule has 0 spiro atoms. The topological polar surface area (TPSA) is 53.3 Å². The van der Waals surface area contributed by atoms with E-state index in [0.717, 1.165) is 43.5 Å². The number of nitriles is 1. The first kappa shape index (κ1) is 29.6. The third kappa shape index (κ3) is 9.83. The highest BCUT2D eigenvalue weighted by Crippen LogP contribution is 2.26. The van der Waals surface area contributed by atoms with E-state index in [0.29, 0.717) is 34.9 Å². The lowest BCUT2D eigenvalue weighted by Crippen LogP contribution is -2.29.